The lowest BCUT2D eigenvalue weighted by Gasteiger charge is -2.37. The van der Waals surface area contributed by atoms with Gasteiger partial charge in [-0.1, -0.05) is 0 Å². The Labute approximate surface area is 135 Å². The molecule has 2 rings (SSSR count). The molecule has 0 aromatic heterocycles. The number of hydrogen-bond donors (Lipinski definition) is 0. The number of alkyl halides is 1. The number of β-lactam (4-membered cyclic amide) rings is 1. The number of nitrogens with zero attached hydrogens (tertiary/aromatic N) is 1. The quantitative estimate of drug-likeness (QED) is 0.300. The molecule has 4 atom stereocenters. The van der Waals surface area contributed by atoms with Crippen LogP contribution in [0.5, 0.6) is 0 Å². The topological polar surface area (TPSA) is 72.9 Å². The molecule has 0 N–H and O–H groups in total. The molecular formula is C12H16INO5S. The Bertz CT molecular complexity index is 457. The van der Waals surface area contributed by atoms with E-state index < -0.39 is 22.7 Å². The molecule has 0 radical (unpaired) electrons. The number of hydrogen-bond acceptors (Lipinski definition) is 6. The molecule has 2 aliphatic heterocycles. The van der Waals surface area contributed by atoms with Crippen molar-refractivity contribution < 1.29 is 23.9 Å². The lowest BCUT2D eigenvalue weighted by molar-refractivity contribution is -0.163. The molecule has 2 saturated heterocycles. The summed E-state index contributed by atoms with van der Waals surface area (Å²) in [5, 5.41) is -0.0230. The molecule has 20 heavy (non-hydrogen) atoms. The van der Waals surface area contributed by atoms with Crippen molar-refractivity contribution >= 4 is 52.2 Å². The Morgan fingerprint density at radius 1 is 1.60 bits per heavy atom. The maximum Gasteiger partial charge on any atom is 0.331 e. The van der Waals surface area contributed by atoms with Crippen molar-refractivity contribution in [2.45, 2.75) is 47.5 Å². The van der Waals surface area contributed by atoms with Crippen LogP contribution < -0.4 is 0 Å². The molecule has 8 heteroatoms. The van der Waals surface area contributed by atoms with Crippen LogP contribution in [-0.2, 0) is 23.9 Å². The number of carbonyl (C=O) groups excluding carboxylic acids is 3. The summed E-state index contributed by atoms with van der Waals surface area (Å²) in [6.45, 7) is 4.99. The van der Waals surface area contributed by atoms with Gasteiger partial charge in [-0.05, 0) is 36.4 Å². The van der Waals surface area contributed by atoms with Crippen molar-refractivity contribution in [1.29, 1.82) is 0 Å². The molecule has 112 valence electrons. The van der Waals surface area contributed by atoms with Gasteiger partial charge in [0.25, 0.3) is 0 Å². The number of ether oxygens (including phenoxy) is 2. The Hall–Kier alpha value is -0.510. The molecular weight excluding hydrogens is 397 g/mol. The third kappa shape index (κ3) is 2.90. The zero-order valence-electron chi connectivity index (χ0n) is 11.4. The van der Waals surface area contributed by atoms with Crippen molar-refractivity contribution in [2.24, 2.45) is 0 Å². The first-order valence-electron chi connectivity index (χ1n) is 6.21. The fourth-order valence-electron chi connectivity index (χ4n) is 2.42. The molecule has 0 bridgehead atoms. The van der Waals surface area contributed by atoms with Gasteiger partial charge in [0.15, 0.2) is 0 Å². The molecule has 0 aliphatic carbocycles. The minimum Gasteiger partial charge on any atom is -0.464 e. The summed E-state index contributed by atoms with van der Waals surface area (Å²) < 4.78 is 9.36. The highest BCUT2D eigenvalue weighted by molar-refractivity contribution is 14.1. The molecule has 0 aromatic rings. The van der Waals surface area contributed by atoms with E-state index in [-0.39, 0.29) is 22.0 Å². The van der Waals surface area contributed by atoms with E-state index in [0.29, 0.717) is 6.42 Å². The van der Waals surface area contributed by atoms with Crippen LogP contribution in [-0.4, -0.2) is 49.6 Å². The largest absolute Gasteiger partial charge is 0.464 e. The van der Waals surface area contributed by atoms with Gasteiger partial charge < -0.3 is 14.4 Å². The van der Waals surface area contributed by atoms with Crippen LogP contribution in [0, 0.1) is 0 Å². The maximum atomic E-state index is 12.3. The number of amides is 1. The summed E-state index contributed by atoms with van der Waals surface area (Å²) in [5.74, 6) is -0.900. The van der Waals surface area contributed by atoms with Crippen molar-refractivity contribution in [3.05, 3.63) is 0 Å². The van der Waals surface area contributed by atoms with Crippen LogP contribution in [0.25, 0.3) is 0 Å². The first-order valence-corrected chi connectivity index (χ1v) is 8.34. The summed E-state index contributed by atoms with van der Waals surface area (Å²) in [6.07, 6.45) is 0.421. The van der Waals surface area contributed by atoms with E-state index in [2.05, 4.69) is 0 Å². The van der Waals surface area contributed by atoms with Gasteiger partial charge in [0.1, 0.15) is 16.8 Å². The molecule has 1 unspecified atom stereocenters. The van der Waals surface area contributed by atoms with Gasteiger partial charge in [-0.3, -0.25) is 9.59 Å². The first-order chi connectivity index (χ1) is 9.24. The van der Waals surface area contributed by atoms with E-state index in [4.69, 9.17) is 9.47 Å². The predicted octanol–water partition coefficient (Wildman–Crippen LogP) is 1.31. The van der Waals surface area contributed by atoms with Gasteiger partial charge in [0.2, 0.25) is 5.91 Å². The molecule has 1 amide bonds. The maximum absolute atomic E-state index is 12.3. The number of esters is 2. The van der Waals surface area contributed by atoms with Crippen LogP contribution in [0.2, 0.25) is 0 Å². The van der Waals surface area contributed by atoms with E-state index in [9.17, 15) is 14.4 Å². The van der Waals surface area contributed by atoms with Crippen molar-refractivity contribution in [2.75, 3.05) is 6.61 Å². The van der Waals surface area contributed by atoms with Gasteiger partial charge in [-0.15, -0.1) is 11.8 Å². The number of halogens is 1. The second-order valence-corrected chi connectivity index (χ2v) is 8.52. The third-order valence-corrected chi connectivity index (χ3v) is 5.07. The predicted molar refractivity (Wildman–Crippen MR) is 81.2 cm³/mol. The van der Waals surface area contributed by atoms with E-state index in [0.717, 1.165) is 0 Å². The van der Waals surface area contributed by atoms with E-state index in [1.54, 1.807) is 11.8 Å². The van der Waals surface area contributed by atoms with Gasteiger partial charge in [-0.2, -0.15) is 0 Å². The van der Waals surface area contributed by atoms with Gasteiger partial charge in [0, 0.05) is 6.92 Å². The average molecular weight is 413 g/mol. The first kappa shape index (κ1) is 15.9. The zero-order valence-corrected chi connectivity index (χ0v) is 14.4. The van der Waals surface area contributed by atoms with Crippen LogP contribution in [0.1, 0.15) is 27.2 Å². The summed E-state index contributed by atoms with van der Waals surface area (Å²) in [5.41, 5.74) is 0. The van der Waals surface area contributed by atoms with Gasteiger partial charge in [-0.25, -0.2) is 4.79 Å². The fourth-order valence-corrected chi connectivity index (χ4v) is 4.34. The highest BCUT2D eigenvalue weighted by atomic mass is 127. The highest BCUT2D eigenvalue weighted by Gasteiger charge is 2.61. The summed E-state index contributed by atoms with van der Waals surface area (Å²) in [7, 11) is 0. The Morgan fingerprint density at radius 2 is 2.25 bits per heavy atom. The molecule has 2 heterocycles. The lowest BCUT2D eigenvalue weighted by Crippen LogP contribution is -2.58. The van der Waals surface area contributed by atoms with Crippen LogP contribution >= 0.6 is 34.4 Å². The van der Waals surface area contributed by atoms with Crippen LogP contribution in [0.15, 0.2) is 0 Å². The minimum atomic E-state index is -0.699. The van der Waals surface area contributed by atoms with Crippen LogP contribution in [0.4, 0.5) is 0 Å². The summed E-state index contributed by atoms with van der Waals surface area (Å²) in [4.78, 5) is 36.6. The minimum absolute atomic E-state index is 0.0230. The molecule has 6 nitrogen and oxygen atoms in total. The highest BCUT2D eigenvalue weighted by Crippen LogP contribution is 2.51. The second kappa shape index (κ2) is 5.70. The normalized spacial score (nSPS) is 33.2. The Morgan fingerprint density at radius 3 is 2.75 bits per heavy atom. The van der Waals surface area contributed by atoms with Crippen molar-refractivity contribution in [3.8, 4) is 0 Å². The standard InChI is InChI=1S/C12H16INO5S/c1-6(13)19-11(17)10-12(3,5-18-7(2)15)20-9-4-8(16)14(9)10/h6,9-10H,4-5H2,1-3H3/t6?,9-,10+,12+/m1/s1. The summed E-state index contributed by atoms with van der Waals surface area (Å²) >= 11 is 3.48. The number of carbonyl (C=O) groups is 3. The van der Waals surface area contributed by atoms with E-state index in [1.807, 2.05) is 29.5 Å². The molecule has 0 spiro atoms. The third-order valence-electron chi connectivity index (χ3n) is 3.27. The van der Waals surface area contributed by atoms with E-state index >= 15 is 0 Å². The summed E-state index contributed by atoms with van der Waals surface area (Å²) in [6, 6.07) is -0.699. The second-order valence-electron chi connectivity index (χ2n) is 5.05. The molecule has 0 aromatic carbocycles. The number of fused-ring (bicyclic) bond motifs is 1. The van der Waals surface area contributed by atoms with Gasteiger partial charge >= 0.3 is 11.9 Å². The number of rotatable bonds is 4. The lowest BCUT2D eigenvalue weighted by atomic mass is 9.97. The molecule has 2 fully saturated rings. The SMILES string of the molecule is CC(=O)OC[C@]1(C)S[C@@H]2CC(=O)N2[C@H]1C(=O)OC(C)I. The van der Waals surface area contributed by atoms with Crippen molar-refractivity contribution in [1.82, 2.24) is 4.90 Å². The zero-order chi connectivity index (χ0) is 15.1. The van der Waals surface area contributed by atoms with E-state index in [1.165, 1.54) is 18.7 Å². The molecule has 0 saturated carbocycles. The average Bonchev–Trinajstić information content (AvgIpc) is 2.55. The fraction of sp³-hybridized carbons (Fsp3) is 0.750. The Kier molecular flexibility index (Phi) is 4.53. The Balaban J connectivity index is 2.18. The smallest absolute Gasteiger partial charge is 0.331 e. The monoisotopic (exact) mass is 413 g/mol. The van der Waals surface area contributed by atoms with Crippen LogP contribution in [0.3, 0.4) is 0 Å². The molecule has 2 aliphatic rings. The van der Waals surface area contributed by atoms with Gasteiger partial charge in [0.05, 0.1) is 16.5 Å². The number of thioether (sulfide) groups is 1. The van der Waals surface area contributed by atoms with Crippen molar-refractivity contribution in [3.63, 3.8) is 0 Å².